The van der Waals surface area contributed by atoms with Crippen LogP contribution in [0.2, 0.25) is 0 Å². The molecule has 29 heavy (non-hydrogen) atoms. The number of amides is 1. The highest BCUT2D eigenvalue weighted by molar-refractivity contribution is 5.91. The van der Waals surface area contributed by atoms with Crippen molar-refractivity contribution in [3.8, 4) is 0 Å². The summed E-state index contributed by atoms with van der Waals surface area (Å²) in [7, 11) is 1.59. The summed E-state index contributed by atoms with van der Waals surface area (Å²) in [5.74, 6) is 0.809. The molecule has 0 fully saturated rings. The predicted octanol–water partition coefficient (Wildman–Crippen LogP) is 3.50. The summed E-state index contributed by atoms with van der Waals surface area (Å²) in [6.45, 7) is 7.21. The molecule has 1 aromatic carbocycles. The number of carbonyl (C=O) groups excluding carboxylic acids is 1. The van der Waals surface area contributed by atoms with Crippen LogP contribution in [0, 0.1) is 5.92 Å². The number of ether oxygens (including phenoxy) is 1. The molecule has 7 heteroatoms. The van der Waals surface area contributed by atoms with E-state index in [2.05, 4.69) is 0 Å². The van der Waals surface area contributed by atoms with Crippen LogP contribution in [0.25, 0.3) is 10.9 Å². The van der Waals surface area contributed by atoms with Gasteiger partial charge in [-0.2, -0.15) is 0 Å². The predicted molar refractivity (Wildman–Crippen MR) is 111 cm³/mol. The molecule has 0 bridgehead atoms. The van der Waals surface area contributed by atoms with Crippen LogP contribution in [0.1, 0.15) is 43.2 Å². The maximum absolute atomic E-state index is 13.1. The van der Waals surface area contributed by atoms with Gasteiger partial charge in [0.15, 0.2) is 5.76 Å². The van der Waals surface area contributed by atoms with Crippen LogP contribution in [-0.4, -0.2) is 40.6 Å². The highest BCUT2D eigenvalue weighted by Gasteiger charge is 2.28. The van der Waals surface area contributed by atoms with Gasteiger partial charge in [-0.25, -0.2) is 4.98 Å². The van der Waals surface area contributed by atoms with Crippen LogP contribution in [0.5, 0.6) is 0 Å². The molecule has 0 saturated heterocycles. The van der Waals surface area contributed by atoms with E-state index in [1.54, 1.807) is 34.8 Å². The Hall–Kier alpha value is -2.93. The zero-order chi connectivity index (χ0) is 21.0. The van der Waals surface area contributed by atoms with Gasteiger partial charge in [-0.05, 0) is 37.1 Å². The number of hydrogen-bond acceptors (Lipinski definition) is 5. The van der Waals surface area contributed by atoms with Gasteiger partial charge in [0, 0.05) is 13.7 Å². The van der Waals surface area contributed by atoms with E-state index in [1.165, 1.54) is 6.26 Å². The van der Waals surface area contributed by atoms with Crippen LogP contribution in [0.4, 0.5) is 0 Å². The molecule has 7 nitrogen and oxygen atoms in total. The molecule has 1 atom stereocenters. The highest BCUT2D eigenvalue weighted by Crippen LogP contribution is 2.23. The summed E-state index contributed by atoms with van der Waals surface area (Å²) in [5, 5.41) is 0.548. The van der Waals surface area contributed by atoms with Gasteiger partial charge in [0.1, 0.15) is 5.82 Å². The maximum atomic E-state index is 13.1. The van der Waals surface area contributed by atoms with Crippen molar-refractivity contribution in [2.75, 3.05) is 20.3 Å². The van der Waals surface area contributed by atoms with Crippen molar-refractivity contribution < 1.29 is 13.9 Å². The van der Waals surface area contributed by atoms with Crippen LogP contribution in [-0.2, 0) is 11.3 Å². The molecule has 2 heterocycles. The Labute approximate surface area is 169 Å². The zero-order valence-electron chi connectivity index (χ0n) is 17.3. The van der Waals surface area contributed by atoms with E-state index in [9.17, 15) is 9.59 Å². The molecule has 0 N–H and O–H groups in total. The topological polar surface area (TPSA) is 77.6 Å². The lowest BCUT2D eigenvalue weighted by Crippen LogP contribution is -2.40. The number of aromatic nitrogens is 2. The molecule has 0 aliphatic heterocycles. The Kier molecular flexibility index (Phi) is 6.49. The maximum Gasteiger partial charge on any atom is 0.290 e. The quantitative estimate of drug-likeness (QED) is 0.581. The van der Waals surface area contributed by atoms with Gasteiger partial charge in [0.25, 0.3) is 11.5 Å². The molecule has 2 aromatic heterocycles. The molecule has 154 valence electrons. The first kappa shape index (κ1) is 20.8. The number of benzene rings is 1. The third kappa shape index (κ3) is 4.40. The third-order valence-corrected chi connectivity index (χ3v) is 4.81. The number of hydrogen-bond donors (Lipinski definition) is 0. The third-order valence-electron chi connectivity index (χ3n) is 4.81. The van der Waals surface area contributed by atoms with Crippen molar-refractivity contribution >= 4 is 16.8 Å². The molecule has 3 aromatic rings. The lowest BCUT2D eigenvalue weighted by atomic mass is 10.1. The molecule has 1 amide bonds. The monoisotopic (exact) mass is 397 g/mol. The van der Waals surface area contributed by atoms with Crippen LogP contribution in [0.3, 0.4) is 0 Å². The molecular weight excluding hydrogens is 370 g/mol. The second-order valence-electron chi connectivity index (χ2n) is 7.44. The van der Waals surface area contributed by atoms with Crippen LogP contribution < -0.4 is 5.56 Å². The second kappa shape index (κ2) is 9.05. The second-order valence-corrected chi connectivity index (χ2v) is 7.44. The minimum absolute atomic E-state index is 0.135. The van der Waals surface area contributed by atoms with Gasteiger partial charge in [0.2, 0.25) is 0 Å². The van der Waals surface area contributed by atoms with Crippen molar-refractivity contribution in [2.24, 2.45) is 5.92 Å². The van der Waals surface area contributed by atoms with Gasteiger partial charge in [-0.3, -0.25) is 14.2 Å². The highest BCUT2D eigenvalue weighted by atomic mass is 16.5. The van der Waals surface area contributed by atoms with E-state index < -0.39 is 6.04 Å². The van der Waals surface area contributed by atoms with Gasteiger partial charge in [-0.15, -0.1) is 0 Å². The summed E-state index contributed by atoms with van der Waals surface area (Å²) >= 11 is 0. The lowest BCUT2D eigenvalue weighted by Gasteiger charge is -2.31. The number of para-hydroxylation sites is 1. The van der Waals surface area contributed by atoms with E-state index >= 15 is 0 Å². The molecule has 0 aliphatic rings. The van der Waals surface area contributed by atoms with E-state index in [1.807, 2.05) is 39.0 Å². The molecular formula is C22H27N3O4. The first-order valence-corrected chi connectivity index (χ1v) is 9.77. The number of methoxy groups -OCH3 is 1. The SMILES string of the molecule is COCCn1c(C(C)N(CC(C)C)C(=O)c2ccco2)nc2ccccc2c1=O. The zero-order valence-corrected chi connectivity index (χ0v) is 17.3. The van der Waals surface area contributed by atoms with E-state index in [0.717, 1.165) is 0 Å². The Balaban J connectivity index is 2.12. The summed E-state index contributed by atoms with van der Waals surface area (Å²) in [6.07, 6.45) is 1.48. The van der Waals surface area contributed by atoms with Crippen LogP contribution >= 0.6 is 0 Å². The fraction of sp³-hybridized carbons (Fsp3) is 0.409. The minimum atomic E-state index is -0.427. The first-order chi connectivity index (χ1) is 13.9. The molecule has 0 radical (unpaired) electrons. The average Bonchev–Trinajstić information content (AvgIpc) is 3.25. The fourth-order valence-electron chi connectivity index (χ4n) is 3.39. The summed E-state index contributed by atoms with van der Waals surface area (Å²) in [6, 6.07) is 10.2. The fourth-order valence-corrected chi connectivity index (χ4v) is 3.39. The number of rotatable bonds is 8. The normalized spacial score (nSPS) is 12.4. The Morgan fingerprint density at radius 1 is 1.21 bits per heavy atom. The van der Waals surface area contributed by atoms with Crippen molar-refractivity contribution in [1.29, 1.82) is 0 Å². The molecule has 0 aliphatic carbocycles. The first-order valence-electron chi connectivity index (χ1n) is 9.77. The van der Waals surface area contributed by atoms with Gasteiger partial charge in [0.05, 0.1) is 36.4 Å². The average molecular weight is 397 g/mol. The van der Waals surface area contributed by atoms with E-state index in [0.29, 0.717) is 36.4 Å². The number of carbonyl (C=O) groups is 1. The Morgan fingerprint density at radius 2 is 1.97 bits per heavy atom. The standard InChI is InChI=1S/C22H27N3O4/c1-15(2)14-25(22(27)19-10-7-12-29-19)16(3)20-23-18-9-6-5-8-17(18)21(26)24(20)11-13-28-4/h5-10,12,15-16H,11,13-14H2,1-4H3. The molecule has 0 spiro atoms. The Morgan fingerprint density at radius 3 is 2.62 bits per heavy atom. The Bertz CT molecular complexity index is 1020. The number of fused-ring (bicyclic) bond motifs is 1. The van der Waals surface area contributed by atoms with Crippen molar-refractivity contribution in [1.82, 2.24) is 14.5 Å². The van der Waals surface area contributed by atoms with Crippen molar-refractivity contribution in [3.63, 3.8) is 0 Å². The van der Waals surface area contributed by atoms with Crippen LogP contribution in [0.15, 0.2) is 51.9 Å². The summed E-state index contributed by atoms with van der Waals surface area (Å²) in [5.41, 5.74) is 0.479. The minimum Gasteiger partial charge on any atom is -0.459 e. The van der Waals surface area contributed by atoms with Crippen molar-refractivity contribution in [2.45, 2.75) is 33.4 Å². The number of nitrogens with zero attached hydrogens (tertiary/aromatic N) is 3. The lowest BCUT2D eigenvalue weighted by molar-refractivity contribution is 0.0618. The molecule has 1 unspecified atom stereocenters. The largest absolute Gasteiger partial charge is 0.459 e. The van der Waals surface area contributed by atoms with E-state index in [4.69, 9.17) is 14.1 Å². The van der Waals surface area contributed by atoms with Crippen molar-refractivity contribution in [3.05, 3.63) is 64.6 Å². The summed E-state index contributed by atoms with van der Waals surface area (Å²) < 4.78 is 12.1. The van der Waals surface area contributed by atoms with Gasteiger partial charge < -0.3 is 14.1 Å². The smallest absolute Gasteiger partial charge is 0.290 e. The van der Waals surface area contributed by atoms with E-state index in [-0.39, 0.29) is 23.1 Å². The van der Waals surface area contributed by atoms with Gasteiger partial charge >= 0.3 is 0 Å². The van der Waals surface area contributed by atoms with Gasteiger partial charge in [-0.1, -0.05) is 26.0 Å². The summed E-state index contributed by atoms with van der Waals surface area (Å²) in [4.78, 5) is 32.7. The number of furan rings is 1. The molecule has 0 saturated carbocycles. The molecule has 3 rings (SSSR count).